The van der Waals surface area contributed by atoms with Crippen LogP contribution in [0.3, 0.4) is 0 Å². The molecule has 0 aromatic heterocycles. The molecule has 1 saturated heterocycles. The summed E-state index contributed by atoms with van der Waals surface area (Å²) in [6, 6.07) is 3.46. The number of nitrogens with zero attached hydrogens (tertiary/aromatic N) is 1. The maximum Gasteiger partial charge on any atom is 0.325 e. The number of imide groups is 1. The van der Waals surface area contributed by atoms with Gasteiger partial charge in [-0.15, -0.1) is 0 Å². The Hall–Kier alpha value is -2.15. The minimum absolute atomic E-state index is 0.00958. The fraction of sp³-hybridized carbons (Fsp3) is 0.471. The zero-order chi connectivity index (χ0) is 18.0. The van der Waals surface area contributed by atoms with E-state index >= 15 is 0 Å². The summed E-state index contributed by atoms with van der Waals surface area (Å²) in [6.07, 6.45) is 4.02. The molecular weight excluding hydrogens is 349 g/mol. The Kier molecular flexibility index (Phi) is 4.94. The van der Waals surface area contributed by atoms with Gasteiger partial charge in [0.25, 0.3) is 5.91 Å². The average Bonchev–Trinajstić information content (AvgIpc) is 2.79. The van der Waals surface area contributed by atoms with Gasteiger partial charge in [0.1, 0.15) is 11.4 Å². The normalized spacial score (nSPS) is 19.2. The van der Waals surface area contributed by atoms with Crippen molar-refractivity contribution in [2.75, 3.05) is 11.9 Å². The maximum atomic E-state index is 13.7. The molecule has 1 aliphatic carbocycles. The summed E-state index contributed by atoms with van der Waals surface area (Å²) in [5.74, 6) is -1.38. The lowest BCUT2D eigenvalue weighted by Crippen LogP contribution is -2.48. The molecule has 0 unspecified atom stereocenters. The number of carbonyl (C=O) groups is 3. The predicted molar refractivity (Wildman–Crippen MR) is 90.7 cm³/mol. The number of benzene rings is 1. The Morgan fingerprint density at radius 3 is 2.68 bits per heavy atom. The molecule has 0 bridgehead atoms. The van der Waals surface area contributed by atoms with Crippen LogP contribution in [0, 0.1) is 5.82 Å². The highest BCUT2D eigenvalue weighted by Crippen LogP contribution is 2.33. The van der Waals surface area contributed by atoms with Gasteiger partial charge in [-0.2, -0.15) is 0 Å². The van der Waals surface area contributed by atoms with Crippen LogP contribution in [0.1, 0.15) is 38.5 Å². The van der Waals surface area contributed by atoms with Crippen molar-refractivity contribution in [1.82, 2.24) is 10.2 Å². The smallest absolute Gasteiger partial charge is 0.324 e. The predicted octanol–water partition coefficient (Wildman–Crippen LogP) is 3.06. The van der Waals surface area contributed by atoms with E-state index in [2.05, 4.69) is 10.6 Å². The van der Waals surface area contributed by atoms with Crippen LogP contribution < -0.4 is 10.6 Å². The average molecular weight is 368 g/mol. The van der Waals surface area contributed by atoms with E-state index < -0.39 is 23.3 Å². The molecule has 0 atom stereocenters. The maximum absolute atomic E-state index is 13.7. The number of amides is 4. The molecule has 1 saturated carbocycles. The van der Waals surface area contributed by atoms with Gasteiger partial charge >= 0.3 is 6.03 Å². The highest BCUT2D eigenvalue weighted by atomic mass is 35.5. The second-order valence-electron chi connectivity index (χ2n) is 6.45. The lowest BCUT2D eigenvalue weighted by molar-refractivity contribution is -0.132. The molecule has 6 nitrogen and oxygen atoms in total. The Balaban J connectivity index is 1.58. The number of hydrogen-bond donors (Lipinski definition) is 2. The Morgan fingerprint density at radius 2 is 2.00 bits per heavy atom. The number of carbonyl (C=O) groups excluding carboxylic acids is 3. The van der Waals surface area contributed by atoms with Crippen LogP contribution in [0.15, 0.2) is 18.2 Å². The van der Waals surface area contributed by atoms with Crippen molar-refractivity contribution >= 4 is 35.1 Å². The number of anilines is 1. The summed E-state index contributed by atoms with van der Waals surface area (Å²) >= 11 is 5.66. The summed E-state index contributed by atoms with van der Waals surface area (Å²) < 4.78 is 13.7. The van der Waals surface area contributed by atoms with Gasteiger partial charge in [0.15, 0.2) is 0 Å². The molecular formula is C17H19ClFN3O3. The molecule has 2 fully saturated rings. The van der Waals surface area contributed by atoms with Crippen LogP contribution in [0.5, 0.6) is 0 Å². The van der Waals surface area contributed by atoms with Gasteiger partial charge in [0.2, 0.25) is 5.91 Å². The van der Waals surface area contributed by atoms with E-state index in [0.717, 1.165) is 30.2 Å². The lowest BCUT2D eigenvalue weighted by atomic mass is 9.82. The van der Waals surface area contributed by atoms with Gasteiger partial charge in [0, 0.05) is 18.0 Å². The Morgan fingerprint density at radius 1 is 1.28 bits per heavy atom. The van der Waals surface area contributed by atoms with E-state index in [0.29, 0.717) is 12.8 Å². The van der Waals surface area contributed by atoms with E-state index in [1.165, 1.54) is 12.1 Å². The summed E-state index contributed by atoms with van der Waals surface area (Å²) in [4.78, 5) is 37.8. The van der Waals surface area contributed by atoms with Crippen LogP contribution >= 0.6 is 11.6 Å². The molecule has 1 spiro atoms. The standard InChI is InChI=1S/C17H19ClFN3O3/c18-11-4-5-13(12(19)10-11)20-14(23)6-9-22-15(24)17(21-16(22)25)7-2-1-3-8-17/h4-5,10H,1-3,6-9H2,(H,20,23)(H,21,25). The van der Waals surface area contributed by atoms with Crippen molar-refractivity contribution < 1.29 is 18.8 Å². The lowest BCUT2D eigenvalue weighted by Gasteiger charge is -2.30. The highest BCUT2D eigenvalue weighted by molar-refractivity contribution is 6.30. The fourth-order valence-corrected chi connectivity index (χ4v) is 3.55. The third kappa shape index (κ3) is 3.61. The second-order valence-corrected chi connectivity index (χ2v) is 6.89. The number of halogens is 2. The molecule has 4 amide bonds. The van der Waals surface area contributed by atoms with Crippen LogP contribution in [0.2, 0.25) is 5.02 Å². The SMILES string of the molecule is O=C(CCN1C(=O)NC2(CCCCC2)C1=O)Nc1ccc(Cl)cc1F. The third-order valence-electron chi connectivity index (χ3n) is 4.72. The number of hydrogen-bond acceptors (Lipinski definition) is 3. The summed E-state index contributed by atoms with van der Waals surface area (Å²) in [6.45, 7) is -0.0343. The van der Waals surface area contributed by atoms with E-state index in [1.54, 1.807) is 0 Å². The van der Waals surface area contributed by atoms with Crippen LogP contribution in [-0.2, 0) is 9.59 Å². The molecule has 1 aromatic rings. The van der Waals surface area contributed by atoms with Crippen molar-refractivity contribution in [3.63, 3.8) is 0 Å². The van der Waals surface area contributed by atoms with Gasteiger partial charge in [-0.1, -0.05) is 30.9 Å². The fourth-order valence-electron chi connectivity index (χ4n) is 3.39. The van der Waals surface area contributed by atoms with Crippen molar-refractivity contribution in [3.8, 4) is 0 Å². The summed E-state index contributed by atoms with van der Waals surface area (Å²) in [7, 11) is 0. The Labute approximate surface area is 149 Å². The molecule has 8 heteroatoms. The van der Waals surface area contributed by atoms with Crippen molar-refractivity contribution in [2.45, 2.75) is 44.1 Å². The first-order valence-corrected chi connectivity index (χ1v) is 8.68. The number of nitrogens with one attached hydrogen (secondary N) is 2. The molecule has 0 radical (unpaired) electrons. The van der Waals surface area contributed by atoms with Gasteiger partial charge in [-0.25, -0.2) is 9.18 Å². The first kappa shape index (κ1) is 17.7. The summed E-state index contributed by atoms with van der Waals surface area (Å²) in [5.41, 5.74) is -0.788. The number of urea groups is 1. The first-order valence-electron chi connectivity index (χ1n) is 8.30. The quantitative estimate of drug-likeness (QED) is 0.803. The molecule has 1 heterocycles. The molecule has 25 heavy (non-hydrogen) atoms. The minimum atomic E-state index is -0.798. The Bertz CT molecular complexity index is 719. The van der Waals surface area contributed by atoms with Crippen LogP contribution in [-0.4, -0.2) is 34.8 Å². The van der Waals surface area contributed by atoms with Crippen molar-refractivity contribution in [2.24, 2.45) is 0 Å². The van der Waals surface area contributed by atoms with Gasteiger partial charge in [-0.05, 0) is 31.0 Å². The van der Waals surface area contributed by atoms with E-state index in [-0.39, 0.29) is 29.6 Å². The van der Waals surface area contributed by atoms with Gasteiger partial charge in [-0.3, -0.25) is 14.5 Å². The third-order valence-corrected chi connectivity index (χ3v) is 4.96. The van der Waals surface area contributed by atoms with Gasteiger partial charge < -0.3 is 10.6 Å². The monoisotopic (exact) mass is 367 g/mol. The van der Waals surface area contributed by atoms with Crippen LogP contribution in [0.25, 0.3) is 0 Å². The zero-order valence-electron chi connectivity index (χ0n) is 13.6. The molecule has 2 N–H and O–H groups in total. The highest BCUT2D eigenvalue weighted by Gasteiger charge is 2.51. The topological polar surface area (TPSA) is 78.5 Å². The van der Waals surface area contributed by atoms with Gasteiger partial charge in [0.05, 0.1) is 5.69 Å². The number of rotatable bonds is 4. The second kappa shape index (κ2) is 7.00. The van der Waals surface area contributed by atoms with E-state index in [1.807, 2.05) is 0 Å². The minimum Gasteiger partial charge on any atom is -0.324 e. The van der Waals surface area contributed by atoms with Crippen molar-refractivity contribution in [1.29, 1.82) is 0 Å². The van der Waals surface area contributed by atoms with Crippen LogP contribution in [0.4, 0.5) is 14.9 Å². The largest absolute Gasteiger partial charge is 0.325 e. The first-order chi connectivity index (χ1) is 11.9. The molecule has 1 aliphatic heterocycles. The van der Waals surface area contributed by atoms with Crippen molar-refractivity contribution in [3.05, 3.63) is 29.0 Å². The molecule has 3 rings (SSSR count). The summed E-state index contributed by atoms with van der Waals surface area (Å²) in [5, 5.41) is 5.44. The van der Waals surface area contributed by atoms with E-state index in [4.69, 9.17) is 11.6 Å². The zero-order valence-corrected chi connectivity index (χ0v) is 14.4. The molecule has 2 aliphatic rings. The molecule has 134 valence electrons. The molecule has 1 aromatic carbocycles. The van der Waals surface area contributed by atoms with E-state index in [9.17, 15) is 18.8 Å².